The monoisotopic (exact) mass is 376 g/mol. The molecule has 1 aromatic heterocycles. The first kappa shape index (κ1) is 19.0. The minimum absolute atomic E-state index is 0.0402. The predicted octanol–water partition coefficient (Wildman–Crippen LogP) is 2.89. The van der Waals surface area contributed by atoms with E-state index in [2.05, 4.69) is 47.5 Å². The van der Waals surface area contributed by atoms with Gasteiger partial charge in [-0.25, -0.2) is 13.7 Å². The van der Waals surface area contributed by atoms with Crippen molar-refractivity contribution >= 4 is 9.84 Å². The third kappa shape index (κ3) is 4.15. The quantitative estimate of drug-likeness (QED) is 0.801. The molecule has 0 spiro atoms. The predicted molar refractivity (Wildman–Crippen MR) is 99.9 cm³/mol. The maximum Gasteiger partial charge on any atom is 0.231 e. The standard InChI is InChI=1S/C19H26N3O3S/c1-12(2)26(23,24)11-18-21-19(25-22-18)17-8-16(9-20-10-17)15-6-5-13(3)14(4)7-15/h5-7,12,16-17H,8-11H2,1-4H3. The molecule has 0 bridgehead atoms. The first-order valence-corrected chi connectivity index (χ1v) is 10.7. The van der Waals surface area contributed by atoms with Crippen molar-refractivity contribution in [3.63, 3.8) is 0 Å². The van der Waals surface area contributed by atoms with E-state index in [0.29, 0.717) is 18.4 Å². The van der Waals surface area contributed by atoms with Gasteiger partial charge in [-0.15, -0.1) is 0 Å². The summed E-state index contributed by atoms with van der Waals surface area (Å²) in [5.74, 6) is 0.915. The Bertz CT molecular complexity index is 874. The van der Waals surface area contributed by atoms with Crippen LogP contribution in [0.2, 0.25) is 0 Å². The smallest absolute Gasteiger partial charge is 0.231 e. The number of aromatic nitrogens is 2. The fourth-order valence-electron chi connectivity index (χ4n) is 3.16. The molecular weight excluding hydrogens is 350 g/mol. The average molecular weight is 377 g/mol. The van der Waals surface area contributed by atoms with Gasteiger partial charge in [0, 0.05) is 13.1 Å². The number of hydrogen-bond donors (Lipinski definition) is 0. The van der Waals surface area contributed by atoms with E-state index in [1.54, 1.807) is 13.8 Å². The molecule has 26 heavy (non-hydrogen) atoms. The molecule has 2 unspecified atom stereocenters. The maximum atomic E-state index is 12.0. The van der Waals surface area contributed by atoms with E-state index >= 15 is 0 Å². The highest BCUT2D eigenvalue weighted by Gasteiger charge is 2.30. The number of rotatable bonds is 5. The van der Waals surface area contributed by atoms with Gasteiger partial charge < -0.3 is 4.52 Å². The molecule has 1 aliphatic rings. The molecule has 2 heterocycles. The van der Waals surface area contributed by atoms with Crippen molar-refractivity contribution in [1.82, 2.24) is 15.5 Å². The van der Waals surface area contributed by atoms with Crippen LogP contribution in [0.1, 0.15) is 60.5 Å². The Morgan fingerprint density at radius 3 is 2.58 bits per heavy atom. The Morgan fingerprint density at radius 2 is 1.88 bits per heavy atom. The van der Waals surface area contributed by atoms with Gasteiger partial charge in [0.2, 0.25) is 5.89 Å². The van der Waals surface area contributed by atoms with Crippen LogP contribution in [0.15, 0.2) is 22.7 Å². The summed E-state index contributed by atoms with van der Waals surface area (Å²) < 4.78 is 29.5. The van der Waals surface area contributed by atoms with E-state index in [1.165, 1.54) is 16.7 Å². The summed E-state index contributed by atoms with van der Waals surface area (Å²) in [7, 11) is -3.24. The Hall–Kier alpha value is -1.73. The van der Waals surface area contributed by atoms with Crippen molar-refractivity contribution in [2.45, 2.75) is 57.0 Å². The SMILES string of the molecule is Cc1ccc(C2C[N]CC(c3nc(CS(=O)(=O)C(C)C)no3)C2)cc1C. The van der Waals surface area contributed by atoms with Gasteiger partial charge in [-0.05, 0) is 56.7 Å². The van der Waals surface area contributed by atoms with E-state index in [-0.39, 0.29) is 17.5 Å². The van der Waals surface area contributed by atoms with Crippen molar-refractivity contribution in [2.24, 2.45) is 0 Å². The molecular formula is C19H26N3O3S. The number of hydrogen-bond acceptors (Lipinski definition) is 5. The first-order chi connectivity index (χ1) is 12.3. The fraction of sp³-hybridized carbons (Fsp3) is 0.579. The summed E-state index contributed by atoms with van der Waals surface area (Å²) in [6.07, 6.45) is 0.880. The molecule has 2 aromatic rings. The molecule has 1 fully saturated rings. The van der Waals surface area contributed by atoms with Crippen LogP contribution in [0.25, 0.3) is 0 Å². The second-order valence-corrected chi connectivity index (χ2v) is 10.0. The van der Waals surface area contributed by atoms with E-state index < -0.39 is 15.1 Å². The maximum absolute atomic E-state index is 12.0. The molecule has 1 aromatic carbocycles. The lowest BCUT2D eigenvalue weighted by Crippen LogP contribution is -2.29. The highest BCUT2D eigenvalue weighted by atomic mass is 32.2. The van der Waals surface area contributed by atoms with Crippen molar-refractivity contribution < 1.29 is 12.9 Å². The average Bonchev–Trinajstić information content (AvgIpc) is 3.05. The zero-order valence-corrected chi connectivity index (χ0v) is 16.6. The molecule has 3 rings (SSSR count). The normalized spacial score (nSPS) is 21.3. The molecule has 0 N–H and O–H groups in total. The molecule has 2 atom stereocenters. The fourth-order valence-corrected chi connectivity index (χ4v) is 3.97. The highest BCUT2D eigenvalue weighted by molar-refractivity contribution is 7.91. The summed E-state index contributed by atoms with van der Waals surface area (Å²) in [6, 6.07) is 6.54. The van der Waals surface area contributed by atoms with Crippen LogP contribution in [0.3, 0.4) is 0 Å². The van der Waals surface area contributed by atoms with Gasteiger partial charge in [0.1, 0.15) is 5.75 Å². The van der Waals surface area contributed by atoms with Gasteiger partial charge in [-0.3, -0.25) is 0 Å². The molecule has 141 valence electrons. The number of nitrogens with zero attached hydrogens (tertiary/aromatic N) is 3. The van der Waals surface area contributed by atoms with Crippen LogP contribution >= 0.6 is 0 Å². The number of piperidine rings is 1. The summed E-state index contributed by atoms with van der Waals surface area (Å²) in [5.41, 5.74) is 3.85. The molecule has 1 radical (unpaired) electrons. The van der Waals surface area contributed by atoms with Gasteiger partial charge in [-0.2, -0.15) is 4.98 Å². The topological polar surface area (TPSA) is 87.2 Å². The third-order valence-electron chi connectivity index (χ3n) is 5.15. The largest absolute Gasteiger partial charge is 0.339 e. The first-order valence-electron chi connectivity index (χ1n) is 9.00. The molecule has 1 saturated heterocycles. The number of aryl methyl sites for hydroxylation is 2. The minimum Gasteiger partial charge on any atom is -0.339 e. The van der Waals surface area contributed by atoms with Crippen LogP contribution < -0.4 is 5.32 Å². The van der Waals surface area contributed by atoms with E-state index in [0.717, 1.165) is 13.0 Å². The van der Waals surface area contributed by atoms with Crippen LogP contribution in [0, 0.1) is 13.8 Å². The molecule has 7 heteroatoms. The Kier molecular flexibility index (Phi) is 5.48. The molecule has 1 aliphatic heterocycles. The Labute approximate surface area is 155 Å². The lowest BCUT2D eigenvalue weighted by Gasteiger charge is -2.27. The highest BCUT2D eigenvalue weighted by Crippen LogP contribution is 2.33. The zero-order valence-electron chi connectivity index (χ0n) is 15.8. The second kappa shape index (κ2) is 7.48. The van der Waals surface area contributed by atoms with Crippen molar-refractivity contribution in [3.05, 3.63) is 46.6 Å². The minimum atomic E-state index is -3.24. The summed E-state index contributed by atoms with van der Waals surface area (Å²) >= 11 is 0. The van der Waals surface area contributed by atoms with Gasteiger partial charge >= 0.3 is 0 Å². The van der Waals surface area contributed by atoms with Crippen LogP contribution in [-0.2, 0) is 15.6 Å². The number of sulfone groups is 1. The van der Waals surface area contributed by atoms with E-state index in [4.69, 9.17) is 4.52 Å². The van der Waals surface area contributed by atoms with Gasteiger partial charge in [0.25, 0.3) is 0 Å². The van der Waals surface area contributed by atoms with Crippen molar-refractivity contribution in [1.29, 1.82) is 0 Å². The van der Waals surface area contributed by atoms with Crippen LogP contribution in [0.5, 0.6) is 0 Å². The van der Waals surface area contributed by atoms with Crippen LogP contribution in [0.4, 0.5) is 0 Å². The molecule has 6 nitrogen and oxygen atoms in total. The van der Waals surface area contributed by atoms with Gasteiger partial charge in [0.15, 0.2) is 15.7 Å². The Balaban J connectivity index is 1.73. The zero-order chi connectivity index (χ0) is 18.9. The van der Waals surface area contributed by atoms with Gasteiger partial charge in [0.05, 0.1) is 11.2 Å². The third-order valence-corrected chi connectivity index (χ3v) is 7.25. The van der Waals surface area contributed by atoms with Gasteiger partial charge in [-0.1, -0.05) is 23.4 Å². The second-order valence-electron chi connectivity index (χ2n) is 7.47. The number of benzene rings is 1. The van der Waals surface area contributed by atoms with Crippen LogP contribution in [-0.4, -0.2) is 36.9 Å². The summed E-state index contributed by atoms with van der Waals surface area (Å²) in [6.45, 7) is 8.98. The lowest BCUT2D eigenvalue weighted by molar-refractivity contribution is 0.305. The summed E-state index contributed by atoms with van der Waals surface area (Å²) in [5, 5.41) is 8.03. The molecule has 0 aliphatic carbocycles. The van der Waals surface area contributed by atoms with E-state index in [9.17, 15) is 8.42 Å². The lowest BCUT2D eigenvalue weighted by atomic mass is 9.84. The molecule has 0 saturated carbocycles. The van der Waals surface area contributed by atoms with Crippen molar-refractivity contribution in [2.75, 3.05) is 13.1 Å². The molecule has 0 amide bonds. The van der Waals surface area contributed by atoms with E-state index in [1.807, 2.05) is 0 Å². The van der Waals surface area contributed by atoms with Crippen molar-refractivity contribution in [3.8, 4) is 0 Å². The Morgan fingerprint density at radius 1 is 1.15 bits per heavy atom. The summed E-state index contributed by atoms with van der Waals surface area (Å²) in [4.78, 5) is 4.34.